The van der Waals surface area contributed by atoms with E-state index in [0.29, 0.717) is 37.5 Å². The summed E-state index contributed by atoms with van der Waals surface area (Å²) in [6.45, 7) is 3.65. The van der Waals surface area contributed by atoms with Gasteiger partial charge in [0.15, 0.2) is 23.1 Å². The number of aliphatic hydroxyl groups is 1. The van der Waals surface area contributed by atoms with Crippen molar-refractivity contribution in [3.63, 3.8) is 0 Å². The summed E-state index contributed by atoms with van der Waals surface area (Å²) in [6.07, 6.45) is 7.42. The molecule has 7 nitrogen and oxygen atoms in total. The molecular formula is C26H32FN3O4. The van der Waals surface area contributed by atoms with E-state index in [4.69, 9.17) is 14.2 Å². The molecule has 182 valence electrons. The van der Waals surface area contributed by atoms with Crippen molar-refractivity contribution in [2.45, 2.75) is 38.0 Å². The summed E-state index contributed by atoms with van der Waals surface area (Å²) >= 11 is 0. The van der Waals surface area contributed by atoms with Gasteiger partial charge < -0.3 is 23.9 Å². The number of halogens is 1. The molecule has 1 atom stereocenters. The smallest absolute Gasteiger partial charge is 0.165 e. The largest absolute Gasteiger partial charge is 0.493 e. The molecule has 1 aliphatic rings. The summed E-state index contributed by atoms with van der Waals surface area (Å²) in [5, 5.41) is 11.0. The normalized spacial score (nSPS) is 18.9. The van der Waals surface area contributed by atoms with Crippen molar-refractivity contribution in [3.8, 4) is 17.2 Å². The van der Waals surface area contributed by atoms with Crippen LogP contribution in [0, 0.1) is 5.82 Å². The molecule has 0 bridgehead atoms. The average molecular weight is 470 g/mol. The van der Waals surface area contributed by atoms with Crippen LogP contribution < -0.4 is 14.2 Å². The van der Waals surface area contributed by atoms with Gasteiger partial charge in [0.1, 0.15) is 13.2 Å². The Bertz CT molecular complexity index is 1050. The number of nitrogens with zero attached hydrogens (tertiary/aromatic N) is 3. The van der Waals surface area contributed by atoms with Crippen molar-refractivity contribution in [1.82, 2.24) is 14.5 Å². The highest BCUT2D eigenvalue weighted by molar-refractivity contribution is 5.43. The second-order valence-corrected chi connectivity index (χ2v) is 8.71. The van der Waals surface area contributed by atoms with Gasteiger partial charge in [-0.3, -0.25) is 4.90 Å². The molecule has 2 aromatic carbocycles. The van der Waals surface area contributed by atoms with Crippen molar-refractivity contribution < 1.29 is 23.7 Å². The van der Waals surface area contributed by atoms with Crippen LogP contribution in [0.2, 0.25) is 0 Å². The Morgan fingerprint density at radius 3 is 2.74 bits per heavy atom. The van der Waals surface area contributed by atoms with Crippen molar-refractivity contribution in [2.75, 3.05) is 33.4 Å². The first kappa shape index (κ1) is 24.0. The SMILES string of the molecule is COc1cc(CN2CCCC(O)(COc3ccccc3F)CC2)ccc1OCCn1ccnc1. The summed E-state index contributed by atoms with van der Waals surface area (Å²) < 4.78 is 32.9. The fourth-order valence-corrected chi connectivity index (χ4v) is 4.18. The molecule has 0 spiro atoms. The van der Waals surface area contributed by atoms with Crippen LogP contribution in [0.4, 0.5) is 4.39 Å². The third-order valence-corrected chi connectivity index (χ3v) is 6.14. The molecule has 3 aromatic rings. The first-order valence-electron chi connectivity index (χ1n) is 11.6. The van der Waals surface area contributed by atoms with E-state index in [1.165, 1.54) is 6.07 Å². The molecule has 1 unspecified atom stereocenters. The first-order valence-corrected chi connectivity index (χ1v) is 11.6. The highest BCUT2D eigenvalue weighted by Gasteiger charge is 2.31. The van der Waals surface area contributed by atoms with E-state index in [0.717, 1.165) is 31.6 Å². The predicted octanol–water partition coefficient (Wildman–Crippen LogP) is 3.91. The molecule has 1 aliphatic heterocycles. The number of ether oxygens (including phenoxy) is 3. The molecule has 1 saturated heterocycles. The summed E-state index contributed by atoms with van der Waals surface area (Å²) in [5.74, 6) is 1.18. The lowest BCUT2D eigenvalue weighted by Crippen LogP contribution is -2.37. The quantitative estimate of drug-likeness (QED) is 0.486. The maximum Gasteiger partial charge on any atom is 0.165 e. The first-order chi connectivity index (χ1) is 16.5. The topological polar surface area (TPSA) is 69.0 Å². The van der Waals surface area contributed by atoms with Crippen molar-refractivity contribution in [2.24, 2.45) is 0 Å². The maximum atomic E-state index is 13.8. The molecular weight excluding hydrogens is 437 g/mol. The third kappa shape index (κ3) is 6.48. The van der Waals surface area contributed by atoms with Crippen LogP contribution in [0.25, 0.3) is 0 Å². The standard InChI is InChI=1S/C26H32FN3O4/c1-32-25-17-21(7-8-24(25)33-16-15-30-14-11-28-20-30)18-29-12-4-9-26(31,10-13-29)19-34-23-6-3-2-5-22(23)27/h2-3,5-8,11,14,17,20,31H,4,9-10,12-13,15-16,18-19H2,1H3. The van der Waals surface area contributed by atoms with Gasteiger partial charge in [0.2, 0.25) is 0 Å². The van der Waals surface area contributed by atoms with Gasteiger partial charge in [-0.2, -0.15) is 0 Å². The molecule has 34 heavy (non-hydrogen) atoms. The number of imidazole rings is 1. The van der Waals surface area contributed by atoms with E-state index in [1.54, 1.807) is 37.8 Å². The molecule has 0 radical (unpaired) electrons. The monoisotopic (exact) mass is 469 g/mol. The molecule has 1 fully saturated rings. The Hall–Kier alpha value is -3.10. The number of rotatable bonds is 10. The van der Waals surface area contributed by atoms with Crippen LogP contribution in [0.5, 0.6) is 17.2 Å². The number of hydrogen-bond acceptors (Lipinski definition) is 6. The Morgan fingerprint density at radius 2 is 1.94 bits per heavy atom. The minimum Gasteiger partial charge on any atom is -0.493 e. The van der Waals surface area contributed by atoms with Gasteiger partial charge in [0.05, 0.1) is 25.6 Å². The predicted molar refractivity (Wildman–Crippen MR) is 127 cm³/mol. The number of hydrogen-bond donors (Lipinski definition) is 1. The van der Waals surface area contributed by atoms with Gasteiger partial charge in [-0.25, -0.2) is 9.37 Å². The number of likely N-dealkylation sites (tertiary alicyclic amines) is 1. The molecule has 0 amide bonds. The zero-order chi connectivity index (χ0) is 23.8. The van der Waals surface area contributed by atoms with Gasteiger partial charge in [-0.05, 0) is 55.6 Å². The van der Waals surface area contributed by atoms with Gasteiger partial charge in [0, 0.05) is 25.5 Å². The lowest BCUT2D eigenvalue weighted by Gasteiger charge is -2.27. The Labute approximate surface area is 199 Å². The van der Waals surface area contributed by atoms with E-state index < -0.39 is 11.4 Å². The van der Waals surface area contributed by atoms with Gasteiger partial charge in [-0.1, -0.05) is 18.2 Å². The summed E-state index contributed by atoms with van der Waals surface area (Å²) in [6, 6.07) is 12.3. The maximum absolute atomic E-state index is 13.8. The molecule has 8 heteroatoms. The van der Waals surface area contributed by atoms with E-state index >= 15 is 0 Å². The average Bonchev–Trinajstić information content (AvgIpc) is 3.29. The highest BCUT2D eigenvalue weighted by Crippen LogP contribution is 2.30. The van der Waals surface area contributed by atoms with Crippen LogP contribution >= 0.6 is 0 Å². The van der Waals surface area contributed by atoms with Crippen LogP contribution in [-0.2, 0) is 13.1 Å². The van der Waals surface area contributed by atoms with Gasteiger partial charge in [0.25, 0.3) is 0 Å². The molecule has 0 saturated carbocycles. The molecule has 0 aliphatic carbocycles. The van der Waals surface area contributed by atoms with Crippen LogP contribution in [0.3, 0.4) is 0 Å². The molecule has 4 rings (SSSR count). The van der Waals surface area contributed by atoms with E-state index in [2.05, 4.69) is 9.88 Å². The molecule has 1 N–H and O–H groups in total. The number of methoxy groups -OCH3 is 1. The van der Waals surface area contributed by atoms with Gasteiger partial charge in [-0.15, -0.1) is 0 Å². The Balaban J connectivity index is 1.29. The van der Waals surface area contributed by atoms with E-state index in [9.17, 15) is 9.50 Å². The van der Waals surface area contributed by atoms with E-state index in [-0.39, 0.29) is 12.4 Å². The summed E-state index contributed by atoms with van der Waals surface area (Å²) in [5.41, 5.74) is 0.147. The number of para-hydroxylation sites is 1. The lowest BCUT2D eigenvalue weighted by molar-refractivity contribution is -0.0177. The van der Waals surface area contributed by atoms with Gasteiger partial charge >= 0.3 is 0 Å². The van der Waals surface area contributed by atoms with Crippen molar-refractivity contribution >= 4 is 0 Å². The Morgan fingerprint density at radius 1 is 1.06 bits per heavy atom. The van der Waals surface area contributed by atoms with Crippen molar-refractivity contribution in [1.29, 1.82) is 0 Å². The second kappa shape index (κ2) is 11.4. The fraction of sp³-hybridized carbons (Fsp3) is 0.423. The molecule has 1 aromatic heterocycles. The zero-order valence-corrected chi connectivity index (χ0v) is 19.5. The van der Waals surface area contributed by atoms with Crippen molar-refractivity contribution in [3.05, 3.63) is 72.6 Å². The third-order valence-electron chi connectivity index (χ3n) is 6.14. The summed E-state index contributed by atoms with van der Waals surface area (Å²) in [4.78, 5) is 6.35. The van der Waals surface area contributed by atoms with Crippen LogP contribution in [0.1, 0.15) is 24.8 Å². The van der Waals surface area contributed by atoms with Crippen LogP contribution in [0.15, 0.2) is 61.2 Å². The van der Waals surface area contributed by atoms with Crippen LogP contribution in [-0.4, -0.2) is 58.6 Å². The second-order valence-electron chi connectivity index (χ2n) is 8.71. The fourth-order valence-electron chi connectivity index (χ4n) is 4.18. The highest BCUT2D eigenvalue weighted by atomic mass is 19.1. The minimum atomic E-state index is -0.971. The Kier molecular flexibility index (Phi) is 8.03. The zero-order valence-electron chi connectivity index (χ0n) is 19.5. The molecule has 2 heterocycles. The van der Waals surface area contributed by atoms with E-state index in [1.807, 2.05) is 29.0 Å². The number of benzene rings is 2. The minimum absolute atomic E-state index is 0.0840. The lowest BCUT2D eigenvalue weighted by atomic mass is 9.96. The summed E-state index contributed by atoms with van der Waals surface area (Å²) in [7, 11) is 1.64. The number of aromatic nitrogens is 2.